The highest BCUT2D eigenvalue weighted by Crippen LogP contribution is 2.40. The summed E-state index contributed by atoms with van der Waals surface area (Å²) < 4.78 is 11.5. The number of benzene rings is 1. The number of aliphatic hydroxyl groups is 1. The number of ether oxygens (including phenoxy) is 1. The molecule has 0 bridgehead atoms. The van der Waals surface area contributed by atoms with Crippen LogP contribution in [0.1, 0.15) is 49.0 Å². The number of likely N-dealkylation sites (N-methyl/N-ethyl adjacent to an activating group) is 1. The molecule has 32 heavy (non-hydrogen) atoms. The number of amides is 1. The van der Waals surface area contributed by atoms with Crippen molar-refractivity contribution in [3.05, 3.63) is 58.6 Å². The van der Waals surface area contributed by atoms with Crippen molar-refractivity contribution in [2.45, 2.75) is 39.7 Å². The lowest BCUT2D eigenvalue weighted by Crippen LogP contribution is -2.37. The van der Waals surface area contributed by atoms with Gasteiger partial charge in [-0.05, 0) is 68.8 Å². The van der Waals surface area contributed by atoms with Gasteiger partial charge in [-0.15, -0.1) is 0 Å². The molecular formula is C25H30N2O5. The van der Waals surface area contributed by atoms with E-state index in [2.05, 4.69) is 18.7 Å². The molecular weight excluding hydrogens is 408 g/mol. The molecule has 0 aliphatic carbocycles. The van der Waals surface area contributed by atoms with E-state index in [1.807, 2.05) is 19.1 Å². The van der Waals surface area contributed by atoms with E-state index in [1.165, 1.54) is 4.90 Å². The van der Waals surface area contributed by atoms with Crippen molar-refractivity contribution < 1.29 is 23.8 Å². The lowest BCUT2D eigenvalue weighted by Gasteiger charge is -2.26. The molecule has 3 heterocycles. The molecule has 170 valence electrons. The van der Waals surface area contributed by atoms with Crippen molar-refractivity contribution in [3.63, 3.8) is 0 Å². The normalized spacial score (nSPS) is 20.0. The Labute approximate surface area is 188 Å². The molecule has 0 radical (unpaired) electrons. The first-order valence-electron chi connectivity index (χ1n) is 11.3. The Morgan fingerprint density at radius 1 is 1.19 bits per heavy atom. The number of ketones is 1. The van der Waals surface area contributed by atoms with E-state index in [-0.39, 0.29) is 11.3 Å². The highest BCUT2D eigenvalue weighted by atomic mass is 16.5. The summed E-state index contributed by atoms with van der Waals surface area (Å²) >= 11 is 0. The molecule has 1 N–H and O–H groups in total. The molecule has 1 fully saturated rings. The minimum absolute atomic E-state index is 0.0700. The van der Waals surface area contributed by atoms with Gasteiger partial charge in [0.2, 0.25) is 0 Å². The number of likely N-dealkylation sites (tertiary alicyclic amines) is 1. The first-order valence-corrected chi connectivity index (χ1v) is 11.3. The molecule has 0 saturated carbocycles. The third kappa shape index (κ3) is 4.05. The Morgan fingerprint density at radius 3 is 2.66 bits per heavy atom. The summed E-state index contributed by atoms with van der Waals surface area (Å²) in [5.41, 5.74) is 1.56. The number of Topliss-reactive ketones (excluding diaryl/α,β-unsaturated/α-hetero) is 1. The van der Waals surface area contributed by atoms with E-state index < -0.39 is 17.7 Å². The van der Waals surface area contributed by atoms with Crippen LogP contribution in [-0.2, 0) is 16.0 Å². The number of carbonyl (C=O) groups is 2. The summed E-state index contributed by atoms with van der Waals surface area (Å²) in [5, 5.41) is 11.2. The van der Waals surface area contributed by atoms with Crippen LogP contribution in [0.5, 0.6) is 5.75 Å². The highest BCUT2D eigenvalue weighted by Gasteiger charge is 2.47. The maximum atomic E-state index is 13.1. The molecule has 1 aromatic heterocycles. The van der Waals surface area contributed by atoms with Crippen LogP contribution >= 0.6 is 0 Å². The smallest absolute Gasteiger partial charge is 0.295 e. The van der Waals surface area contributed by atoms with Gasteiger partial charge in [-0.2, -0.15) is 0 Å². The van der Waals surface area contributed by atoms with Gasteiger partial charge in [0.15, 0.2) is 0 Å². The van der Waals surface area contributed by atoms with E-state index in [0.717, 1.165) is 37.2 Å². The Hall–Kier alpha value is -3.06. The zero-order valence-corrected chi connectivity index (χ0v) is 18.9. The lowest BCUT2D eigenvalue weighted by molar-refractivity contribution is -0.140. The molecule has 7 heteroatoms. The second-order valence-electron chi connectivity index (χ2n) is 8.24. The molecule has 1 unspecified atom stereocenters. The number of rotatable bonds is 7. The fourth-order valence-electron chi connectivity index (χ4n) is 4.46. The molecule has 1 amide bonds. The van der Waals surface area contributed by atoms with Crippen LogP contribution in [-0.4, -0.2) is 59.4 Å². The number of hydrogen-bond donors (Lipinski definition) is 1. The van der Waals surface area contributed by atoms with Crippen LogP contribution in [0.4, 0.5) is 0 Å². The van der Waals surface area contributed by atoms with E-state index >= 15 is 0 Å². The summed E-state index contributed by atoms with van der Waals surface area (Å²) in [7, 11) is 0. The van der Waals surface area contributed by atoms with Crippen molar-refractivity contribution in [3.8, 4) is 5.75 Å². The predicted octanol–water partition coefficient (Wildman–Crippen LogP) is 3.68. The zero-order chi connectivity index (χ0) is 22.8. The fourth-order valence-corrected chi connectivity index (χ4v) is 4.46. The van der Waals surface area contributed by atoms with Crippen LogP contribution < -0.4 is 4.74 Å². The summed E-state index contributed by atoms with van der Waals surface area (Å²) in [6, 6.07) is 8.20. The number of aryl methyl sites for hydroxylation is 2. The summed E-state index contributed by atoms with van der Waals surface area (Å²) in [6.07, 6.45) is 1.74. The van der Waals surface area contributed by atoms with E-state index in [4.69, 9.17) is 9.15 Å². The van der Waals surface area contributed by atoms with Crippen LogP contribution in [0.15, 0.2) is 40.3 Å². The number of aliphatic hydroxyl groups excluding tert-OH is 1. The van der Waals surface area contributed by atoms with E-state index in [0.29, 0.717) is 36.8 Å². The lowest BCUT2D eigenvalue weighted by atomic mass is 9.96. The monoisotopic (exact) mass is 438 g/mol. The third-order valence-electron chi connectivity index (χ3n) is 6.30. The molecule has 1 atom stereocenters. The van der Waals surface area contributed by atoms with Crippen molar-refractivity contribution in [1.29, 1.82) is 0 Å². The largest absolute Gasteiger partial charge is 0.507 e. The Kier molecular flexibility index (Phi) is 6.37. The summed E-state index contributed by atoms with van der Waals surface area (Å²) in [6.45, 7) is 9.31. The first kappa shape index (κ1) is 22.1. The minimum Gasteiger partial charge on any atom is -0.507 e. The molecule has 1 aromatic carbocycles. The molecule has 4 rings (SSSR count). The molecule has 0 spiro atoms. The maximum Gasteiger partial charge on any atom is 0.295 e. The molecule has 2 aliphatic heterocycles. The number of hydrogen-bond acceptors (Lipinski definition) is 6. The van der Waals surface area contributed by atoms with Gasteiger partial charge in [0.05, 0.1) is 12.2 Å². The average Bonchev–Trinajstić information content (AvgIpc) is 3.34. The van der Waals surface area contributed by atoms with Crippen molar-refractivity contribution in [2.24, 2.45) is 0 Å². The summed E-state index contributed by atoms with van der Waals surface area (Å²) in [4.78, 5) is 29.8. The van der Waals surface area contributed by atoms with Gasteiger partial charge >= 0.3 is 0 Å². The first-order chi connectivity index (χ1) is 15.4. The van der Waals surface area contributed by atoms with Crippen LogP contribution in [0.25, 0.3) is 5.76 Å². The second kappa shape index (κ2) is 9.20. The van der Waals surface area contributed by atoms with Crippen molar-refractivity contribution in [1.82, 2.24) is 9.80 Å². The van der Waals surface area contributed by atoms with E-state index in [1.54, 1.807) is 18.2 Å². The number of furan rings is 1. The van der Waals surface area contributed by atoms with Crippen LogP contribution in [0.3, 0.4) is 0 Å². The van der Waals surface area contributed by atoms with Gasteiger partial charge in [0, 0.05) is 18.7 Å². The van der Waals surface area contributed by atoms with Gasteiger partial charge in [0.25, 0.3) is 11.7 Å². The highest BCUT2D eigenvalue weighted by molar-refractivity contribution is 6.46. The van der Waals surface area contributed by atoms with E-state index in [9.17, 15) is 14.7 Å². The minimum atomic E-state index is -0.758. The van der Waals surface area contributed by atoms with Gasteiger partial charge in [-0.1, -0.05) is 13.8 Å². The SMILES string of the molecule is CCN(CC)CCN1C(=O)C(=O)/C(=C(\O)c2ccc3c(c2)CCCO3)C1c1ccc(C)o1. The average molecular weight is 439 g/mol. The molecule has 7 nitrogen and oxygen atoms in total. The number of fused-ring (bicyclic) bond motifs is 1. The van der Waals surface area contributed by atoms with Crippen LogP contribution in [0, 0.1) is 6.92 Å². The third-order valence-corrected chi connectivity index (χ3v) is 6.30. The summed E-state index contributed by atoms with van der Waals surface area (Å²) in [5.74, 6) is 0.477. The zero-order valence-electron chi connectivity index (χ0n) is 18.9. The Bertz CT molecular complexity index is 1050. The van der Waals surface area contributed by atoms with Crippen molar-refractivity contribution >= 4 is 17.4 Å². The Morgan fingerprint density at radius 2 is 1.97 bits per heavy atom. The maximum absolute atomic E-state index is 13.1. The molecule has 2 aromatic rings. The van der Waals surface area contributed by atoms with Gasteiger partial charge in [-0.25, -0.2) is 0 Å². The van der Waals surface area contributed by atoms with Gasteiger partial charge < -0.3 is 24.1 Å². The van der Waals surface area contributed by atoms with Gasteiger partial charge in [0.1, 0.15) is 29.1 Å². The molecule has 2 aliphatic rings. The van der Waals surface area contributed by atoms with Crippen molar-refractivity contribution in [2.75, 3.05) is 32.8 Å². The fraction of sp³-hybridized carbons (Fsp3) is 0.440. The van der Waals surface area contributed by atoms with Gasteiger partial charge in [-0.3, -0.25) is 9.59 Å². The topological polar surface area (TPSA) is 83.2 Å². The number of nitrogens with zero attached hydrogens (tertiary/aromatic N) is 2. The quantitative estimate of drug-likeness (QED) is 0.403. The van der Waals surface area contributed by atoms with Crippen LogP contribution in [0.2, 0.25) is 0 Å². The second-order valence-corrected chi connectivity index (χ2v) is 8.24. The molecule has 1 saturated heterocycles. The predicted molar refractivity (Wildman–Crippen MR) is 121 cm³/mol. The standard InChI is InChI=1S/C25H30N2O5/c1-4-26(5-2)12-13-27-22(20-10-8-16(3)32-20)21(24(29)25(27)30)23(28)18-9-11-19-17(15-18)7-6-14-31-19/h8-11,15,22,28H,4-7,12-14H2,1-3H3/b23-21-. The Balaban J connectivity index is 1.76. The number of carbonyl (C=O) groups excluding carboxylic acids is 2.